The standard InChI is InChI=1S/C14H17N3O2/c1-2-3-7-13(18)16-10-14(19)17-12-6-4-5-11(8-12)9-15/h4-6,8H,2-3,7,10H2,1H3,(H,16,18)(H,17,19). The molecule has 0 unspecified atom stereocenters. The molecule has 100 valence electrons. The molecule has 0 spiro atoms. The molecular formula is C14H17N3O2. The number of nitrogens with zero attached hydrogens (tertiary/aromatic N) is 1. The summed E-state index contributed by atoms with van der Waals surface area (Å²) in [7, 11) is 0. The topological polar surface area (TPSA) is 82.0 Å². The minimum atomic E-state index is -0.306. The summed E-state index contributed by atoms with van der Waals surface area (Å²) in [5.41, 5.74) is 1.02. The summed E-state index contributed by atoms with van der Waals surface area (Å²) < 4.78 is 0. The molecule has 0 saturated carbocycles. The Morgan fingerprint density at radius 2 is 2.11 bits per heavy atom. The van der Waals surface area contributed by atoms with E-state index in [-0.39, 0.29) is 18.4 Å². The van der Waals surface area contributed by atoms with E-state index in [9.17, 15) is 9.59 Å². The van der Waals surface area contributed by atoms with Crippen LogP contribution in [-0.2, 0) is 9.59 Å². The van der Waals surface area contributed by atoms with Crippen LogP contribution in [-0.4, -0.2) is 18.4 Å². The number of nitriles is 1. The molecule has 0 atom stereocenters. The van der Waals surface area contributed by atoms with E-state index < -0.39 is 0 Å². The predicted molar refractivity (Wildman–Crippen MR) is 72.3 cm³/mol. The van der Waals surface area contributed by atoms with Crippen molar-refractivity contribution in [3.05, 3.63) is 29.8 Å². The number of nitrogens with one attached hydrogen (secondary N) is 2. The lowest BCUT2D eigenvalue weighted by Gasteiger charge is -2.06. The van der Waals surface area contributed by atoms with Gasteiger partial charge in [0.05, 0.1) is 18.2 Å². The van der Waals surface area contributed by atoms with Gasteiger partial charge in [-0.15, -0.1) is 0 Å². The number of carbonyl (C=O) groups excluding carboxylic acids is 2. The van der Waals surface area contributed by atoms with Gasteiger partial charge in [0, 0.05) is 12.1 Å². The quantitative estimate of drug-likeness (QED) is 0.817. The fourth-order valence-electron chi connectivity index (χ4n) is 1.48. The molecule has 1 aromatic carbocycles. The number of hydrogen-bond donors (Lipinski definition) is 2. The van der Waals surface area contributed by atoms with Crippen molar-refractivity contribution in [2.24, 2.45) is 0 Å². The highest BCUT2D eigenvalue weighted by atomic mass is 16.2. The minimum Gasteiger partial charge on any atom is -0.347 e. The number of amides is 2. The Morgan fingerprint density at radius 3 is 2.79 bits per heavy atom. The van der Waals surface area contributed by atoms with Crippen molar-refractivity contribution in [1.29, 1.82) is 5.26 Å². The first kappa shape index (κ1) is 14.7. The summed E-state index contributed by atoms with van der Waals surface area (Å²) in [6.45, 7) is 1.95. The normalized spacial score (nSPS) is 9.47. The summed E-state index contributed by atoms with van der Waals surface area (Å²) in [5, 5.41) is 13.9. The summed E-state index contributed by atoms with van der Waals surface area (Å²) in [5.74, 6) is -0.428. The Morgan fingerprint density at radius 1 is 1.32 bits per heavy atom. The third kappa shape index (κ3) is 5.68. The molecule has 0 radical (unpaired) electrons. The number of hydrogen-bond acceptors (Lipinski definition) is 3. The van der Waals surface area contributed by atoms with Gasteiger partial charge in [0.25, 0.3) is 0 Å². The zero-order valence-corrected chi connectivity index (χ0v) is 10.9. The van der Waals surface area contributed by atoms with Crippen LogP contribution < -0.4 is 10.6 Å². The smallest absolute Gasteiger partial charge is 0.243 e. The first-order valence-corrected chi connectivity index (χ1v) is 6.22. The molecular weight excluding hydrogens is 242 g/mol. The van der Waals surface area contributed by atoms with Gasteiger partial charge in [-0.1, -0.05) is 19.4 Å². The van der Waals surface area contributed by atoms with Crippen molar-refractivity contribution < 1.29 is 9.59 Å². The molecule has 2 amide bonds. The van der Waals surface area contributed by atoms with Gasteiger partial charge in [-0.2, -0.15) is 5.26 Å². The van der Waals surface area contributed by atoms with Crippen LogP contribution in [0, 0.1) is 11.3 Å². The van der Waals surface area contributed by atoms with E-state index in [1.54, 1.807) is 24.3 Å². The van der Waals surface area contributed by atoms with E-state index >= 15 is 0 Å². The number of benzene rings is 1. The second kappa shape index (κ2) is 7.88. The third-order valence-corrected chi connectivity index (χ3v) is 2.48. The lowest BCUT2D eigenvalue weighted by molar-refractivity contribution is -0.124. The van der Waals surface area contributed by atoms with Crippen LogP contribution in [0.2, 0.25) is 0 Å². The fourth-order valence-corrected chi connectivity index (χ4v) is 1.48. The van der Waals surface area contributed by atoms with Gasteiger partial charge in [0.2, 0.25) is 11.8 Å². The summed E-state index contributed by atoms with van der Waals surface area (Å²) in [6, 6.07) is 8.61. The maximum atomic E-state index is 11.6. The second-order valence-electron chi connectivity index (χ2n) is 4.12. The number of anilines is 1. The molecule has 0 aromatic heterocycles. The molecule has 19 heavy (non-hydrogen) atoms. The van der Waals surface area contributed by atoms with Gasteiger partial charge in [-0.25, -0.2) is 0 Å². The number of unbranched alkanes of at least 4 members (excludes halogenated alkanes) is 1. The Bertz CT molecular complexity index is 492. The Kier molecular flexibility index (Phi) is 6.10. The van der Waals surface area contributed by atoms with Crippen LogP contribution in [0.15, 0.2) is 24.3 Å². The van der Waals surface area contributed by atoms with Crippen LogP contribution in [0.4, 0.5) is 5.69 Å². The lowest BCUT2D eigenvalue weighted by atomic mass is 10.2. The maximum absolute atomic E-state index is 11.6. The third-order valence-electron chi connectivity index (χ3n) is 2.48. The minimum absolute atomic E-state index is 0.0562. The zero-order chi connectivity index (χ0) is 14.1. The summed E-state index contributed by atoms with van der Waals surface area (Å²) in [4.78, 5) is 22.9. The van der Waals surface area contributed by atoms with E-state index in [2.05, 4.69) is 10.6 Å². The van der Waals surface area contributed by atoms with Crippen molar-refractivity contribution in [2.75, 3.05) is 11.9 Å². The molecule has 5 nitrogen and oxygen atoms in total. The molecule has 1 aromatic rings. The molecule has 1 rings (SSSR count). The van der Waals surface area contributed by atoms with E-state index in [4.69, 9.17) is 5.26 Å². The van der Waals surface area contributed by atoms with Crippen LogP contribution in [0.25, 0.3) is 0 Å². The lowest BCUT2D eigenvalue weighted by Crippen LogP contribution is -2.32. The Hall–Kier alpha value is -2.35. The van der Waals surface area contributed by atoms with E-state index in [0.29, 0.717) is 17.7 Å². The molecule has 0 bridgehead atoms. The van der Waals surface area contributed by atoms with Gasteiger partial charge in [-0.05, 0) is 24.6 Å². The van der Waals surface area contributed by atoms with Crippen LogP contribution in [0.5, 0.6) is 0 Å². The zero-order valence-electron chi connectivity index (χ0n) is 10.9. The molecule has 2 N–H and O–H groups in total. The summed E-state index contributed by atoms with van der Waals surface area (Å²) >= 11 is 0. The van der Waals surface area contributed by atoms with E-state index in [0.717, 1.165) is 12.8 Å². The average Bonchev–Trinajstić information content (AvgIpc) is 2.43. The largest absolute Gasteiger partial charge is 0.347 e. The van der Waals surface area contributed by atoms with Gasteiger partial charge in [0.15, 0.2) is 0 Å². The first-order chi connectivity index (χ1) is 9.15. The summed E-state index contributed by atoms with van der Waals surface area (Å²) in [6.07, 6.45) is 2.20. The highest BCUT2D eigenvalue weighted by Gasteiger charge is 2.05. The molecule has 5 heteroatoms. The predicted octanol–water partition coefficient (Wildman–Crippen LogP) is 1.80. The van der Waals surface area contributed by atoms with Gasteiger partial charge in [-0.3, -0.25) is 9.59 Å². The van der Waals surface area contributed by atoms with Gasteiger partial charge >= 0.3 is 0 Å². The molecule has 0 saturated heterocycles. The van der Waals surface area contributed by atoms with Crippen LogP contribution >= 0.6 is 0 Å². The Labute approximate surface area is 112 Å². The van der Waals surface area contributed by atoms with E-state index in [1.807, 2.05) is 13.0 Å². The molecule has 0 fully saturated rings. The molecule has 0 aliphatic heterocycles. The van der Waals surface area contributed by atoms with Crippen LogP contribution in [0.1, 0.15) is 31.7 Å². The average molecular weight is 259 g/mol. The van der Waals surface area contributed by atoms with Crippen molar-refractivity contribution in [2.45, 2.75) is 26.2 Å². The highest BCUT2D eigenvalue weighted by Crippen LogP contribution is 2.09. The van der Waals surface area contributed by atoms with Crippen molar-refractivity contribution in [1.82, 2.24) is 5.32 Å². The van der Waals surface area contributed by atoms with Gasteiger partial charge in [0.1, 0.15) is 0 Å². The maximum Gasteiger partial charge on any atom is 0.243 e. The van der Waals surface area contributed by atoms with Crippen molar-refractivity contribution in [3.8, 4) is 6.07 Å². The molecule has 0 aliphatic rings. The fraction of sp³-hybridized carbons (Fsp3) is 0.357. The molecule has 0 aliphatic carbocycles. The van der Waals surface area contributed by atoms with E-state index in [1.165, 1.54) is 0 Å². The van der Waals surface area contributed by atoms with Crippen molar-refractivity contribution >= 4 is 17.5 Å². The highest BCUT2D eigenvalue weighted by molar-refractivity contribution is 5.94. The van der Waals surface area contributed by atoms with Crippen LogP contribution in [0.3, 0.4) is 0 Å². The Balaban J connectivity index is 2.39. The molecule has 0 heterocycles. The second-order valence-corrected chi connectivity index (χ2v) is 4.12. The first-order valence-electron chi connectivity index (χ1n) is 6.22. The number of carbonyl (C=O) groups is 2. The monoisotopic (exact) mass is 259 g/mol. The SMILES string of the molecule is CCCCC(=O)NCC(=O)Nc1cccc(C#N)c1. The van der Waals surface area contributed by atoms with Gasteiger partial charge < -0.3 is 10.6 Å². The van der Waals surface area contributed by atoms with Crippen molar-refractivity contribution in [3.63, 3.8) is 0 Å². The number of rotatable bonds is 6.